The van der Waals surface area contributed by atoms with E-state index in [1.54, 1.807) is 37.4 Å². The predicted molar refractivity (Wildman–Crippen MR) is 138 cm³/mol. The zero-order valence-corrected chi connectivity index (χ0v) is 21.8. The van der Waals surface area contributed by atoms with Gasteiger partial charge in [-0.15, -0.1) is 0 Å². The first-order valence-corrected chi connectivity index (χ1v) is 13.5. The number of hydrogen-bond donors (Lipinski definition) is 1. The average molecular weight is 518 g/mol. The second-order valence-corrected chi connectivity index (χ2v) is 10.4. The van der Waals surface area contributed by atoms with Gasteiger partial charge in [0.05, 0.1) is 12.9 Å². The smallest absolute Gasteiger partial charge is 0.254 e. The Bertz CT molecular complexity index is 1030. The first-order chi connectivity index (χ1) is 16.9. The number of piperazine rings is 1. The van der Waals surface area contributed by atoms with Gasteiger partial charge in [-0.05, 0) is 44.0 Å². The molecule has 1 N–H and O–H groups in total. The summed E-state index contributed by atoms with van der Waals surface area (Å²) in [5, 5.41) is 3.94. The number of carbonyl (C=O) groups excluding carboxylic acids is 2. The monoisotopic (exact) mass is 517 g/mol. The van der Waals surface area contributed by atoms with Crippen molar-refractivity contribution in [3.63, 3.8) is 0 Å². The van der Waals surface area contributed by atoms with Crippen LogP contribution in [0.1, 0.15) is 49.4 Å². The van der Waals surface area contributed by atoms with Gasteiger partial charge in [-0.1, -0.05) is 42.6 Å². The summed E-state index contributed by atoms with van der Waals surface area (Å²) in [7, 11) is 1.60. The number of amides is 2. The Morgan fingerprint density at radius 1 is 1.14 bits per heavy atom. The van der Waals surface area contributed by atoms with Gasteiger partial charge in [-0.3, -0.25) is 9.59 Å². The number of halogens is 1. The number of aromatic nitrogens is 2. The molecule has 0 bridgehead atoms. The van der Waals surface area contributed by atoms with Crippen LogP contribution in [0.2, 0.25) is 5.15 Å². The average Bonchev–Trinajstić information content (AvgIpc) is 2.87. The topological polar surface area (TPSA) is 87.7 Å². The highest BCUT2D eigenvalue weighted by molar-refractivity contribution is 7.99. The van der Waals surface area contributed by atoms with Crippen molar-refractivity contribution in [2.75, 3.05) is 37.4 Å². The number of rotatable bonds is 7. The van der Waals surface area contributed by atoms with E-state index in [1.165, 1.54) is 31.0 Å². The van der Waals surface area contributed by atoms with Crippen LogP contribution in [0.3, 0.4) is 0 Å². The van der Waals surface area contributed by atoms with Crippen molar-refractivity contribution in [1.82, 2.24) is 20.2 Å². The van der Waals surface area contributed by atoms with E-state index in [-0.39, 0.29) is 29.7 Å². The lowest BCUT2D eigenvalue weighted by molar-refractivity contribution is -0.119. The van der Waals surface area contributed by atoms with Crippen molar-refractivity contribution in [3.05, 3.63) is 41.0 Å². The predicted octanol–water partition coefficient (Wildman–Crippen LogP) is 4.03. The van der Waals surface area contributed by atoms with E-state index in [0.717, 1.165) is 18.6 Å². The molecule has 2 amide bonds. The van der Waals surface area contributed by atoms with Crippen LogP contribution in [0.5, 0.6) is 5.75 Å². The number of thioether (sulfide) groups is 1. The van der Waals surface area contributed by atoms with E-state index in [0.29, 0.717) is 41.3 Å². The first-order valence-electron chi connectivity index (χ1n) is 12.1. The Morgan fingerprint density at radius 3 is 2.57 bits per heavy atom. The Hall–Kier alpha value is -2.52. The van der Waals surface area contributed by atoms with Gasteiger partial charge in [0.2, 0.25) is 5.91 Å². The normalized spacial score (nSPS) is 18.9. The van der Waals surface area contributed by atoms with Crippen LogP contribution in [0.4, 0.5) is 5.82 Å². The van der Waals surface area contributed by atoms with Crippen molar-refractivity contribution in [2.24, 2.45) is 0 Å². The van der Waals surface area contributed by atoms with Gasteiger partial charge < -0.3 is 19.9 Å². The Balaban J connectivity index is 1.34. The van der Waals surface area contributed by atoms with Crippen LogP contribution in [0, 0.1) is 0 Å². The van der Waals surface area contributed by atoms with E-state index in [2.05, 4.69) is 20.2 Å². The number of benzene rings is 1. The van der Waals surface area contributed by atoms with Crippen LogP contribution in [-0.2, 0) is 4.79 Å². The zero-order valence-electron chi connectivity index (χ0n) is 20.2. The second kappa shape index (κ2) is 11.9. The summed E-state index contributed by atoms with van der Waals surface area (Å²) in [5.41, 5.74) is 0.640. The molecule has 35 heavy (non-hydrogen) atoms. The quantitative estimate of drug-likeness (QED) is 0.337. The molecule has 1 aliphatic carbocycles. The van der Waals surface area contributed by atoms with Crippen molar-refractivity contribution in [1.29, 1.82) is 0 Å². The number of nitrogens with zero attached hydrogens (tertiary/aromatic N) is 4. The molecular weight excluding hydrogens is 486 g/mol. The van der Waals surface area contributed by atoms with Crippen LogP contribution in [0.15, 0.2) is 35.5 Å². The third kappa shape index (κ3) is 6.79. The first kappa shape index (κ1) is 25.6. The van der Waals surface area contributed by atoms with E-state index in [4.69, 9.17) is 16.3 Å². The maximum Gasteiger partial charge on any atom is 0.254 e. The van der Waals surface area contributed by atoms with Crippen molar-refractivity contribution < 1.29 is 14.3 Å². The molecule has 2 fully saturated rings. The standard InChI is InChI=1S/C25H32ClN5O3S/c1-17-15-30(12-13-31(17)24(33)18-8-10-20(34-2)11-9-18)22-14-21(26)28-25(29-22)35-16-23(32)27-19-6-4-3-5-7-19/h8-11,14,17,19H,3-7,12-13,15-16H2,1-2H3,(H,27,32). The van der Waals surface area contributed by atoms with Gasteiger partial charge in [0.15, 0.2) is 5.16 Å². The summed E-state index contributed by atoms with van der Waals surface area (Å²) in [4.78, 5) is 38.4. The highest BCUT2D eigenvalue weighted by atomic mass is 35.5. The molecule has 188 valence electrons. The Labute approximate surface area is 215 Å². The summed E-state index contributed by atoms with van der Waals surface area (Å²) in [5.74, 6) is 1.70. The molecule has 2 heterocycles. The zero-order chi connectivity index (χ0) is 24.8. The van der Waals surface area contributed by atoms with Gasteiger partial charge in [0.1, 0.15) is 16.7 Å². The number of nitrogens with one attached hydrogen (secondary N) is 1. The molecule has 1 aliphatic heterocycles. The molecule has 1 saturated carbocycles. The van der Waals surface area contributed by atoms with Gasteiger partial charge in [-0.2, -0.15) is 0 Å². The number of ether oxygens (including phenoxy) is 1. The molecule has 10 heteroatoms. The highest BCUT2D eigenvalue weighted by Crippen LogP contribution is 2.25. The van der Waals surface area contributed by atoms with Gasteiger partial charge in [0.25, 0.3) is 5.91 Å². The van der Waals surface area contributed by atoms with Gasteiger partial charge >= 0.3 is 0 Å². The van der Waals surface area contributed by atoms with E-state index in [9.17, 15) is 9.59 Å². The largest absolute Gasteiger partial charge is 0.497 e. The van der Waals surface area contributed by atoms with E-state index in [1.807, 2.05) is 11.8 Å². The lowest BCUT2D eigenvalue weighted by Crippen LogP contribution is -2.54. The number of hydrogen-bond acceptors (Lipinski definition) is 7. The third-order valence-electron chi connectivity index (χ3n) is 6.51. The SMILES string of the molecule is COc1ccc(C(=O)N2CCN(c3cc(Cl)nc(SCC(=O)NC4CCCCC4)n3)CC2C)cc1. The minimum atomic E-state index is -0.00975. The van der Waals surface area contributed by atoms with Crippen LogP contribution in [-0.4, -0.2) is 71.3 Å². The van der Waals surface area contributed by atoms with Crippen LogP contribution < -0.4 is 15.0 Å². The molecule has 1 atom stereocenters. The Kier molecular flexibility index (Phi) is 8.73. The molecule has 1 saturated heterocycles. The number of methoxy groups -OCH3 is 1. The van der Waals surface area contributed by atoms with Crippen molar-refractivity contribution in [3.8, 4) is 5.75 Å². The number of anilines is 1. The molecule has 0 spiro atoms. The molecular formula is C25H32ClN5O3S. The molecule has 2 aliphatic rings. The van der Waals surface area contributed by atoms with Crippen LogP contribution >= 0.6 is 23.4 Å². The summed E-state index contributed by atoms with van der Waals surface area (Å²) in [6, 6.07) is 9.19. The second-order valence-electron chi connectivity index (χ2n) is 9.04. The third-order valence-corrected chi connectivity index (χ3v) is 7.55. The molecule has 0 radical (unpaired) electrons. The summed E-state index contributed by atoms with van der Waals surface area (Å²) < 4.78 is 5.18. The van der Waals surface area contributed by atoms with E-state index >= 15 is 0 Å². The lowest BCUT2D eigenvalue weighted by Gasteiger charge is -2.40. The number of carbonyl (C=O) groups is 2. The maximum atomic E-state index is 13.0. The van der Waals surface area contributed by atoms with Gasteiger partial charge in [-0.25, -0.2) is 9.97 Å². The highest BCUT2D eigenvalue weighted by Gasteiger charge is 2.29. The minimum absolute atomic E-state index is 0.000691. The lowest BCUT2D eigenvalue weighted by atomic mass is 9.95. The van der Waals surface area contributed by atoms with Gasteiger partial charge in [0, 0.05) is 43.3 Å². The molecule has 4 rings (SSSR count). The molecule has 1 aromatic carbocycles. The fourth-order valence-corrected chi connectivity index (χ4v) is 5.52. The fraction of sp³-hybridized carbons (Fsp3) is 0.520. The Morgan fingerprint density at radius 2 is 1.89 bits per heavy atom. The summed E-state index contributed by atoms with van der Waals surface area (Å²) >= 11 is 7.59. The summed E-state index contributed by atoms with van der Waals surface area (Å²) in [6.07, 6.45) is 5.72. The minimum Gasteiger partial charge on any atom is -0.497 e. The van der Waals surface area contributed by atoms with Crippen molar-refractivity contribution in [2.45, 2.75) is 56.3 Å². The van der Waals surface area contributed by atoms with Crippen molar-refractivity contribution >= 4 is 41.0 Å². The molecule has 1 unspecified atom stereocenters. The fourth-order valence-electron chi connectivity index (χ4n) is 4.63. The maximum absolute atomic E-state index is 13.0. The molecule has 8 nitrogen and oxygen atoms in total. The molecule has 1 aromatic heterocycles. The molecule has 2 aromatic rings. The van der Waals surface area contributed by atoms with E-state index < -0.39 is 0 Å². The van der Waals surface area contributed by atoms with Crippen LogP contribution in [0.25, 0.3) is 0 Å². The summed E-state index contributed by atoms with van der Waals surface area (Å²) in [6.45, 7) is 3.86.